The van der Waals surface area contributed by atoms with Gasteiger partial charge in [0.15, 0.2) is 6.61 Å². The maximum Gasteiger partial charge on any atom is 0.276 e. The highest BCUT2D eigenvalue weighted by molar-refractivity contribution is 6.32. The highest BCUT2D eigenvalue weighted by Gasteiger charge is 2.28. The molecule has 1 aromatic heterocycles. The molecule has 0 aliphatic carbocycles. The van der Waals surface area contributed by atoms with Crippen molar-refractivity contribution in [3.8, 4) is 16.9 Å². The summed E-state index contributed by atoms with van der Waals surface area (Å²) in [5.41, 5.74) is 1.85. The first-order valence-corrected chi connectivity index (χ1v) is 9.42. The third-order valence-electron chi connectivity index (χ3n) is 4.90. The van der Waals surface area contributed by atoms with Crippen LogP contribution in [0.5, 0.6) is 5.75 Å². The quantitative estimate of drug-likeness (QED) is 0.828. The molecule has 0 N–H and O–H groups in total. The third-order valence-corrected chi connectivity index (χ3v) is 5.28. The fraction of sp³-hybridized carbons (Fsp3) is 0.474. The maximum absolute atomic E-state index is 12.9. The van der Waals surface area contributed by atoms with Crippen LogP contribution in [0.15, 0.2) is 23.0 Å². The van der Waals surface area contributed by atoms with Crippen molar-refractivity contribution >= 4 is 23.2 Å². The smallest absolute Gasteiger partial charge is 0.276 e. The molecule has 2 aliphatic rings. The zero-order valence-electron chi connectivity index (χ0n) is 15.0. The van der Waals surface area contributed by atoms with E-state index >= 15 is 0 Å². The Morgan fingerprint density at radius 1 is 1.15 bits per heavy atom. The summed E-state index contributed by atoms with van der Waals surface area (Å²) in [6.07, 6.45) is 2.00. The number of aromatic nitrogens is 2. The Morgan fingerprint density at radius 3 is 2.58 bits per heavy atom. The first-order valence-electron chi connectivity index (χ1n) is 9.04. The van der Waals surface area contributed by atoms with Crippen LogP contribution in [0.2, 0.25) is 5.15 Å². The minimum atomic E-state index is -0.0758. The van der Waals surface area contributed by atoms with Crippen molar-refractivity contribution in [2.75, 3.05) is 18.1 Å². The molecule has 2 aromatic rings. The van der Waals surface area contributed by atoms with Crippen molar-refractivity contribution < 1.29 is 9.53 Å². The average molecular weight is 376 g/mol. The lowest BCUT2D eigenvalue weighted by molar-refractivity contribution is -0.121. The molecule has 138 valence electrons. The lowest BCUT2D eigenvalue weighted by Gasteiger charge is -2.31. The van der Waals surface area contributed by atoms with Gasteiger partial charge in [0.1, 0.15) is 10.9 Å². The summed E-state index contributed by atoms with van der Waals surface area (Å²) >= 11 is 6.54. The number of rotatable bonds is 3. The predicted molar refractivity (Wildman–Crippen MR) is 101 cm³/mol. The number of ether oxygens (including phenoxy) is 1. The second kappa shape index (κ2) is 6.50. The van der Waals surface area contributed by atoms with Gasteiger partial charge in [0.05, 0.1) is 11.3 Å². The monoisotopic (exact) mass is 375 g/mol. The van der Waals surface area contributed by atoms with Gasteiger partial charge in [-0.1, -0.05) is 31.5 Å². The molecule has 0 fully saturated rings. The van der Waals surface area contributed by atoms with E-state index in [1.165, 1.54) is 0 Å². The molecule has 2 aliphatic heterocycles. The molecule has 1 aromatic carbocycles. The molecule has 0 radical (unpaired) electrons. The number of anilines is 1. The van der Waals surface area contributed by atoms with E-state index < -0.39 is 0 Å². The molecule has 3 heterocycles. The molecule has 1 amide bonds. The number of halogens is 1. The second-order valence-corrected chi connectivity index (χ2v) is 7.65. The Labute approximate surface area is 156 Å². The Kier molecular flexibility index (Phi) is 4.31. The first kappa shape index (κ1) is 17.2. The largest absolute Gasteiger partial charge is 0.482 e. The van der Waals surface area contributed by atoms with Crippen molar-refractivity contribution in [3.63, 3.8) is 0 Å². The molecular weight excluding hydrogens is 354 g/mol. The van der Waals surface area contributed by atoms with Gasteiger partial charge in [0.25, 0.3) is 11.5 Å². The summed E-state index contributed by atoms with van der Waals surface area (Å²) in [5.74, 6) is 0.918. The number of carbonyl (C=O) groups is 1. The molecule has 7 heteroatoms. The van der Waals surface area contributed by atoms with Gasteiger partial charge >= 0.3 is 0 Å². The molecule has 6 nitrogen and oxygen atoms in total. The van der Waals surface area contributed by atoms with Crippen molar-refractivity contribution in [1.82, 2.24) is 9.36 Å². The van der Waals surface area contributed by atoms with Crippen LogP contribution < -0.4 is 15.2 Å². The summed E-state index contributed by atoms with van der Waals surface area (Å²) in [6, 6.07) is 5.52. The summed E-state index contributed by atoms with van der Waals surface area (Å²) in [7, 11) is 0. The van der Waals surface area contributed by atoms with Crippen LogP contribution in [0, 0.1) is 5.92 Å². The van der Waals surface area contributed by atoms with Crippen molar-refractivity contribution in [2.45, 2.75) is 39.8 Å². The molecule has 0 atom stereocenters. The molecule has 4 rings (SSSR count). The Hall–Kier alpha value is -2.21. The van der Waals surface area contributed by atoms with E-state index in [1.807, 2.05) is 22.9 Å². The molecular formula is C19H22ClN3O3. The Bertz CT molecular complexity index is 929. The van der Waals surface area contributed by atoms with E-state index in [1.54, 1.807) is 9.58 Å². The zero-order chi connectivity index (χ0) is 18.4. The second-order valence-electron chi connectivity index (χ2n) is 7.29. The lowest BCUT2D eigenvalue weighted by Crippen LogP contribution is -2.40. The molecule has 0 unspecified atom stereocenters. The normalized spacial score (nSPS) is 16.5. The minimum absolute atomic E-state index is 0.0446. The Morgan fingerprint density at radius 2 is 1.88 bits per heavy atom. The Balaban J connectivity index is 1.83. The summed E-state index contributed by atoms with van der Waals surface area (Å²) in [5, 5.41) is 0.466. The van der Waals surface area contributed by atoms with Gasteiger partial charge in [-0.15, -0.1) is 0 Å². The van der Waals surface area contributed by atoms with Gasteiger partial charge in [-0.05, 0) is 36.5 Å². The summed E-state index contributed by atoms with van der Waals surface area (Å²) < 4.78 is 9.14. The number of hydrogen-bond acceptors (Lipinski definition) is 3. The number of amides is 1. The van der Waals surface area contributed by atoms with E-state index in [0.29, 0.717) is 41.2 Å². The topological polar surface area (TPSA) is 56.5 Å². The van der Waals surface area contributed by atoms with Crippen LogP contribution >= 0.6 is 11.6 Å². The van der Waals surface area contributed by atoms with E-state index in [4.69, 9.17) is 16.3 Å². The van der Waals surface area contributed by atoms with Crippen molar-refractivity contribution in [1.29, 1.82) is 0 Å². The van der Waals surface area contributed by atoms with Gasteiger partial charge in [-0.2, -0.15) is 0 Å². The maximum atomic E-state index is 12.9. The first-order chi connectivity index (χ1) is 12.5. The molecule has 0 saturated carbocycles. The summed E-state index contributed by atoms with van der Waals surface area (Å²) in [4.78, 5) is 27.0. The van der Waals surface area contributed by atoms with Crippen LogP contribution in [0.1, 0.15) is 26.7 Å². The predicted octanol–water partition coefficient (Wildman–Crippen LogP) is 3.15. The van der Waals surface area contributed by atoms with Gasteiger partial charge < -0.3 is 9.64 Å². The van der Waals surface area contributed by atoms with Crippen molar-refractivity contribution in [2.24, 2.45) is 5.92 Å². The lowest BCUT2D eigenvalue weighted by atomic mass is 10.1. The minimum Gasteiger partial charge on any atom is -0.482 e. The van der Waals surface area contributed by atoms with Gasteiger partial charge in [0, 0.05) is 19.6 Å². The van der Waals surface area contributed by atoms with Crippen LogP contribution in [-0.2, 0) is 17.9 Å². The molecule has 0 spiro atoms. The van der Waals surface area contributed by atoms with E-state index in [0.717, 1.165) is 24.9 Å². The average Bonchev–Trinajstić information content (AvgIpc) is 2.88. The fourth-order valence-corrected chi connectivity index (χ4v) is 4.06. The molecule has 26 heavy (non-hydrogen) atoms. The highest BCUT2D eigenvalue weighted by Crippen LogP contribution is 2.37. The molecule has 0 saturated heterocycles. The molecule has 0 bridgehead atoms. The van der Waals surface area contributed by atoms with E-state index in [9.17, 15) is 9.59 Å². The fourth-order valence-electron chi connectivity index (χ4n) is 3.69. The standard InChI is InChI=1S/C19H22ClN3O3/c1-12(2)10-21-14-9-13(5-6-15(14)26-11-16(21)24)17-18(20)22-7-3-4-8-23(22)19(17)25/h5-6,9,12H,3-4,7-8,10-11H2,1-2H3. The van der Waals surface area contributed by atoms with Crippen LogP contribution in [-0.4, -0.2) is 28.4 Å². The number of hydrogen-bond donors (Lipinski definition) is 0. The zero-order valence-corrected chi connectivity index (χ0v) is 15.8. The van der Waals surface area contributed by atoms with Crippen molar-refractivity contribution in [3.05, 3.63) is 33.7 Å². The van der Waals surface area contributed by atoms with Gasteiger partial charge in [0.2, 0.25) is 0 Å². The summed E-state index contributed by atoms with van der Waals surface area (Å²) in [6.45, 7) is 6.22. The van der Waals surface area contributed by atoms with Gasteiger partial charge in [-0.3, -0.25) is 14.3 Å². The SMILES string of the molecule is CC(C)CN1C(=O)COc2ccc(-c3c(Cl)n4n(c3=O)CCCC4)cc21. The van der Waals surface area contributed by atoms with Crippen LogP contribution in [0.4, 0.5) is 5.69 Å². The van der Waals surface area contributed by atoms with E-state index in [-0.39, 0.29) is 18.1 Å². The number of fused-ring (bicyclic) bond motifs is 2. The number of nitrogens with zero attached hydrogens (tertiary/aromatic N) is 3. The van der Waals surface area contributed by atoms with Gasteiger partial charge in [-0.25, -0.2) is 4.68 Å². The van der Waals surface area contributed by atoms with Crippen LogP contribution in [0.25, 0.3) is 11.1 Å². The number of benzene rings is 1. The van der Waals surface area contributed by atoms with Crippen LogP contribution in [0.3, 0.4) is 0 Å². The van der Waals surface area contributed by atoms with E-state index in [2.05, 4.69) is 13.8 Å². The third kappa shape index (κ3) is 2.72. The number of carbonyl (C=O) groups excluding carboxylic acids is 1. The highest BCUT2D eigenvalue weighted by atomic mass is 35.5.